The van der Waals surface area contributed by atoms with Crippen molar-refractivity contribution in [1.29, 1.82) is 0 Å². The Labute approximate surface area is 118 Å². The Morgan fingerprint density at radius 2 is 1.74 bits per heavy atom. The molecule has 2 heteroatoms. The zero-order chi connectivity index (χ0) is 14.0. The van der Waals surface area contributed by atoms with Gasteiger partial charge in [-0.2, -0.15) is 0 Å². The number of likely N-dealkylation sites (N-methyl/N-ethyl adjacent to an activating group) is 1. The summed E-state index contributed by atoms with van der Waals surface area (Å²) in [4.78, 5) is 2.47. The summed E-state index contributed by atoms with van der Waals surface area (Å²) in [6.07, 6.45) is 3.59. The van der Waals surface area contributed by atoms with Crippen molar-refractivity contribution in [3.05, 3.63) is 34.4 Å². The largest absolute Gasteiger partial charge is 0.328 e. The van der Waals surface area contributed by atoms with E-state index >= 15 is 0 Å². The average Bonchev–Trinajstić information content (AvgIpc) is 2.25. The van der Waals surface area contributed by atoms with Crippen molar-refractivity contribution in [2.45, 2.75) is 46.1 Å². The zero-order valence-corrected chi connectivity index (χ0v) is 12.9. The van der Waals surface area contributed by atoms with Gasteiger partial charge in [-0.25, -0.2) is 0 Å². The van der Waals surface area contributed by atoms with Crippen LogP contribution in [-0.4, -0.2) is 31.1 Å². The molecule has 0 atom stereocenters. The minimum atomic E-state index is 0.472. The topological polar surface area (TPSA) is 29.3 Å². The van der Waals surface area contributed by atoms with Gasteiger partial charge in [-0.1, -0.05) is 17.7 Å². The quantitative estimate of drug-likeness (QED) is 0.882. The van der Waals surface area contributed by atoms with Crippen molar-refractivity contribution in [2.75, 3.05) is 20.1 Å². The van der Waals surface area contributed by atoms with Gasteiger partial charge in [0.1, 0.15) is 0 Å². The molecule has 0 amide bonds. The maximum atomic E-state index is 5.84. The minimum absolute atomic E-state index is 0.472. The van der Waals surface area contributed by atoms with Crippen LogP contribution in [0.5, 0.6) is 0 Å². The van der Waals surface area contributed by atoms with Crippen molar-refractivity contribution in [3.8, 4) is 0 Å². The third kappa shape index (κ3) is 3.80. The molecule has 0 radical (unpaired) electrons. The average molecular weight is 260 g/mol. The van der Waals surface area contributed by atoms with E-state index in [1.165, 1.54) is 41.6 Å². The minimum Gasteiger partial charge on any atom is -0.328 e. The van der Waals surface area contributed by atoms with Crippen LogP contribution in [0.25, 0.3) is 0 Å². The summed E-state index contributed by atoms with van der Waals surface area (Å²) < 4.78 is 0. The Morgan fingerprint density at radius 1 is 1.16 bits per heavy atom. The van der Waals surface area contributed by atoms with E-state index < -0.39 is 0 Å². The van der Waals surface area contributed by atoms with E-state index in [0.717, 1.165) is 18.9 Å². The van der Waals surface area contributed by atoms with Crippen LogP contribution in [-0.2, 0) is 6.42 Å². The molecule has 0 spiro atoms. The molecule has 1 aromatic rings. The van der Waals surface area contributed by atoms with Crippen molar-refractivity contribution in [3.63, 3.8) is 0 Å². The van der Waals surface area contributed by atoms with E-state index in [2.05, 4.69) is 44.9 Å². The van der Waals surface area contributed by atoms with E-state index in [1.807, 2.05) is 0 Å². The van der Waals surface area contributed by atoms with Crippen LogP contribution >= 0.6 is 0 Å². The van der Waals surface area contributed by atoms with Gasteiger partial charge in [-0.15, -0.1) is 0 Å². The van der Waals surface area contributed by atoms with Crippen LogP contribution in [0.15, 0.2) is 12.1 Å². The summed E-state index contributed by atoms with van der Waals surface area (Å²) in [7, 11) is 2.24. The molecule has 2 nitrogen and oxygen atoms in total. The second kappa shape index (κ2) is 6.06. The molecule has 1 saturated carbocycles. The molecule has 106 valence electrons. The molecule has 0 heterocycles. The highest BCUT2D eigenvalue weighted by molar-refractivity contribution is 5.37. The highest BCUT2D eigenvalue weighted by Gasteiger charge is 2.26. The molecule has 1 aromatic carbocycles. The Kier molecular flexibility index (Phi) is 4.64. The van der Waals surface area contributed by atoms with Crippen LogP contribution in [0.2, 0.25) is 0 Å². The summed E-state index contributed by atoms with van der Waals surface area (Å²) in [5, 5.41) is 0. The number of nitrogens with two attached hydrogens (primary N) is 1. The van der Waals surface area contributed by atoms with Gasteiger partial charge in [0.2, 0.25) is 0 Å². The lowest BCUT2D eigenvalue weighted by molar-refractivity contribution is 0.183. The molecular weight excluding hydrogens is 232 g/mol. The van der Waals surface area contributed by atoms with Crippen molar-refractivity contribution in [2.24, 2.45) is 11.7 Å². The lowest BCUT2D eigenvalue weighted by atomic mass is 9.80. The van der Waals surface area contributed by atoms with Gasteiger partial charge in [0.05, 0.1) is 0 Å². The van der Waals surface area contributed by atoms with E-state index in [4.69, 9.17) is 5.73 Å². The molecule has 0 unspecified atom stereocenters. The van der Waals surface area contributed by atoms with Crippen molar-refractivity contribution >= 4 is 0 Å². The molecule has 1 fully saturated rings. The fraction of sp³-hybridized carbons (Fsp3) is 0.647. The lowest BCUT2D eigenvalue weighted by Crippen LogP contribution is -2.42. The maximum absolute atomic E-state index is 5.84. The normalized spacial score (nSPS) is 22.6. The zero-order valence-electron chi connectivity index (χ0n) is 12.9. The first-order valence-electron chi connectivity index (χ1n) is 7.46. The van der Waals surface area contributed by atoms with Gasteiger partial charge < -0.3 is 10.6 Å². The SMILES string of the molecule is Cc1cc(C)c(CCN(C)CC2CC(N)C2)c(C)c1. The van der Waals surface area contributed by atoms with Crippen LogP contribution in [0.3, 0.4) is 0 Å². The van der Waals surface area contributed by atoms with Gasteiger partial charge in [-0.05, 0) is 69.7 Å². The van der Waals surface area contributed by atoms with Crippen molar-refractivity contribution < 1.29 is 0 Å². The summed E-state index contributed by atoms with van der Waals surface area (Å²) in [5.41, 5.74) is 11.6. The molecule has 0 saturated heterocycles. The number of rotatable bonds is 5. The first-order valence-corrected chi connectivity index (χ1v) is 7.46. The van der Waals surface area contributed by atoms with Gasteiger partial charge in [-0.3, -0.25) is 0 Å². The van der Waals surface area contributed by atoms with Gasteiger partial charge in [0.15, 0.2) is 0 Å². The van der Waals surface area contributed by atoms with Gasteiger partial charge in [0, 0.05) is 19.1 Å². The second-order valence-corrected chi connectivity index (χ2v) is 6.49. The van der Waals surface area contributed by atoms with Crippen LogP contribution in [0, 0.1) is 26.7 Å². The van der Waals surface area contributed by atoms with Crippen LogP contribution in [0.4, 0.5) is 0 Å². The summed E-state index contributed by atoms with van der Waals surface area (Å²) in [5.74, 6) is 0.834. The summed E-state index contributed by atoms with van der Waals surface area (Å²) in [6, 6.07) is 5.07. The van der Waals surface area contributed by atoms with Crippen molar-refractivity contribution in [1.82, 2.24) is 4.90 Å². The van der Waals surface area contributed by atoms with Crippen LogP contribution in [0.1, 0.15) is 35.1 Å². The van der Waals surface area contributed by atoms with E-state index in [1.54, 1.807) is 0 Å². The number of nitrogens with zero attached hydrogens (tertiary/aromatic N) is 1. The highest BCUT2D eigenvalue weighted by atomic mass is 15.1. The fourth-order valence-corrected chi connectivity index (χ4v) is 3.38. The number of benzene rings is 1. The smallest absolute Gasteiger partial charge is 0.00450 e. The van der Waals surface area contributed by atoms with Gasteiger partial charge >= 0.3 is 0 Å². The molecule has 2 N–H and O–H groups in total. The summed E-state index contributed by atoms with van der Waals surface area (Å²) >= 11 is 0. The Hall–Kier alpha value is -0.860. The lowest BCUT2D eigenvalue weighted by Gasteiger charge is -2.35. The van der Waals surface area contributed by atoms with E-state index in [9.17, 15) is 0 Å². The summed E-state index contributed by atoms with van der Waals surface area (Å²) in [6.45, 7) is 9.00. The molecule has 0 aromatic heterocycles. The number of hydrogen-bond donors (Lipinski definition) is 1. The fourth-order valence-electron chi connectivity index (χ4n) is 3.38. The molecule has 1 aliphatic carbocycles. The monoisotopic (exact) mass is 260 g/mol. The first kappa shape index (κ1) is 14.5. The van der Waals surface area contributed by atoms with E-state index in [0.29, 0.717) is 6.04 Å². The molecule has 0 bridgehead atoms. The predicted molar refractivity (Wildman–Crippen MR) is 82.6 cm³/mol. The molecule has 1 aliphatic rings. The standard InChI is InChI=1S/C17H28N2/c1-12-7-13(2)17(14(3)8-12)5-6-19(4)11-15-9-16(18)10-15/h7-8,15-16H,5-6,9-11,18H2,1-4H3. The van der Waals surface area contributed by atoms with E-state index in [-0.39, 0.29) is 0 Å². The Morgan fingerprint density at radius 3 is 2.26 bits per heavy atom. The molecular formula is C17H28N2. The number of hydrogen-bond acceptors (Lipinski definition) is 2. The second-order valence-electron chi connectivity index (χ2n) is 6.49. The molecule has 2 rings (SSSR count). The Balaban J connectivity index is 1.85. The third-order valence-corrected chi connectivity index (χ3v) is 4.43. The number of aryl methyl sites for hydroxylation is 3. The third-order valence-electron chi connectivity index (χ3n) is 4.43. The maximum Gasteiger partial charge on any atom is 0.00450 e. The Bertz CT molecular complexity index is 410. The molecule has 19 heavy (non-hydrogen) atoms. The highest BCUT2D eigenvalue weighted by Crippen LogP contribution is 2.26. The van der Waals surface area contributed by atoms with Crippen LogP contribution < -0.4 is 5.73 Å². The van der Waals surface area contributed by atoms with Gasteiger partial charge in [0.25, 0.3) is 0 Å². The molecule has 0 aliphatic heterocycles. The first-order chi connectivity index (χ1) is 8.95. The predicted octanol–water partition coefficient (Wildman–Crippen LogP) is 2.82.